The van der Waals surface area contributed by atoms with Crippen molar-refractivity contribution in [3.05, 3.63) is 28.9 Å². The van der Waals surface area contributed by atoms with Crippen LogP contribution in [0.15, 0.2) is 18.3 Å². The fourth-order valence-corrected chi connectivity index (χ4v) is 2.08. The first-order valence-electron chi connectivity index (χ1n) is 4.97. The predicted octanol–water partition coefficient (Wildman–Crippen LogP) is 1.99. The molecule has 1 aromatic heterocycles. The van der Waals surface area contributed by atoms with Crippen molar-refractivity contribution in [3.8, 4) is 0 Å². The van der Waals surface area contributed by atoms with Gasteiger partial charge in [0.15, 0.2) is 0 Å². The second kappa shape index (κ2) is 4.21. The lowest BCUT2D eigenvalue weighted by atomic mass is 10.1. The number of fused-ring (bicyclic) bond motifs is 1. The van der Waals surface area contributed by atoms with Gasteiger partial charge in [0, 0.05) is 17.5 Å². The molecule has 0 saturated carbocycles. The maximum absolute atomic E-state index is 6.05. The molecule has 0 radical (unpaired) electrons. The summed E-state index contributed by atoms with van der Waals surface area (Å²) in [6.45, 7) is 0.945. The molecule has 2 rings (SSSR count). The third-order valence-electron chi connectivity index (χ3n) is 2.52. The van der Waals surface area contributed by atoms with Crippen LogP contribution in [-0.2, 0) is 13.5 Å². The molecule has 15 heavy (non-hydrogen) atoms. The lowest BCUT2D eigenvalue weighted by molar-refractivity contribution is 0.770. The van der Waals surface area contributed by atoms with Crippen LogP contribution in [0.5, 0.6) is 0 Å². The van der Waals surface area contributed by atoms with Crippen LogP contribution in [0.3, 0.4) is 0 Å². The Hall–Kier alpha value is -1.06. The molecule has 3 nitrogen and oxygen atoms in total. The standard InChI is InChI=1S/C11H14ClN3/c1-13-4-3-8-5-10(12)6-9-7-14-15(2)11(8)9/h5-7,13H,3-4H2,1-2H3. The lowest BCUT2D eigenvalue weighted by Crippen LogP contribution is -2.11. The van der Waals surface area contributed by atoms with Crippen molar-refractivity contribution in [1.82, 2.24) is 15.1 Å². The first-order valence-corrected chi connectivity index (χ1v) is 5.35. The topological polar surface area (TPSA) is 29.9 Å². The summed E-state index contributed by atoms with van der Waals surface area (Å²) in [7, 11) is 3.91. The molecule has 80 valence electrons. The van der Waals surface area contributed by atoms with Gasteiger partial charge in [0.05, 0.1) is 11.7 Å². The monoisotopic (exact) mass is 223 g/mol. The molecule has 0 aliphatic carbocycles. The summed E-state index contributed by atoms with van der Waals surface area (Å²) in [5.74, 6) is 0. The summed E-state index contributed by atoms with van der Waals surface area (Å²) >= 11 is 6.05. The van der Waals surface area contributed by atoms with Crippen LogP contribution >= 0.6 is 11.6 Å². The first kappa shape index (κ1) is 10.5. The molecule has 0 atom stereocenters. The Morgan fingerprint density at radius 3 is 3.00 bits per heavy atom. The van der Waals surface area contributed by atoms with Crippen molar-refractivity contribution in [2.75, 3.05) is 13.6 Å². The molecule has 0 aliphatic heterocycles. The molecule has 0 fully saturated rings. The highest BCUT2D eigenvalue weighted by Crippen LogP contribution is 2.23. The van der Waals surface area contributed by atoms with Crippen LogP contribution in [0.25, 0.3) is 10.9 Å². The molecule has 2 aromatic rings. The van der Waals surface area contributed by atoms with Crippen LogP contribution < -0.4 is 5.32 Å². The van der Waals surface area contributed by atoms with Crippen molar-refractivity contribution < 1.29 is 0 Å². The van der Waals surface area contributed by atoms with Gasteiger partial charge < -0.3 is 5.32 Å². The Kier molecular flexibility index (Phi) is 2.93. The molecular formula is C11H14ClN3. The van der Waals surface area contributed by atoms with E-state index in [0.29, 0.717) is 0 Å². The average molecular weight is 224 g/mol. The van der Waals surface area contributed by atoms with E-state index in [-0.39, 0.29) is 0 Å². The molecule has 1 aromatic carbocycles. The third kappa shape index (κ3) is 1.98. The van der Waals surface area contributed by atoms with E-state index in [1.165, 1.54) is 11.1 Å². The maximum Gasteiger partial charge on any atom is 0.0712 e. The van der Waals surface area contributed by atoms with Gasteiger partial charge in [-0.2, -0.15) is 5.10 Å². The maximum atomic E-state index is 6.05. The van der Waals surface area contributed by atoms with Crippen LogP contribution in [0, 0.1) is 0 Å². The summed E-state index contributed by atoms with van der Waals surface area (Å²) in [4.78, 5) is 0. The number of nitrogens with zero attached hydrogens (tertiary/aromatic N) is 2. The van der Waals surface area contributed by atoms with Gasteiger partial charge in [0.25, 0.3) is 0 Å². The van der Waals surface area contributed by atoms with E-state index in [0.717, 1.165) is 23.4 Å². The van der Waals surface area contributed by atoms with Gasteiger partial charge >= 0.3 is 0 Å². The molecule has 1 N–H and O–H groups in total. The van der Waals surface area contributed by atoms with E-state index in [1.54, 1.807) is 0 Å². The number of likely N-dealkylation sites (N-methyl/N-ethyl adjacent to an activating group) is 1. The minimum atomic E-state index is 0.779. The zero-order valence-electron chi connectivity index (χ0n) is 8.92. The van der Waals surface area contributed by atoms with E-state index in [2.05, 4.69) is 10.4 Å². The molecule has 0 bridgehead atoms. The SMILES string of the molecule is CNCCc1cc(Cl)cc2cnn(C)c12. The highest BCUT2D eigenvalue weighted by Gasteiger charge is 2.07. The quantitative estimate of drug-likeness (QED) is 0.863. The fourth-order valence-electron chi connectivity index (χ4n) is 1.83. The number of aromatic nitrogens is 2. The summed E-state index contributed by atoms with van der Waals surface area (Å²) in [5.41, 5.74) is 2.42. The largest absolute Gasteiger partial charge is 0.319 e. The molecule has 0 aliphatic rings. The Labute approximate surface area is 94.0 Å². The number of hydrogen-bond donors (Lipinski definition) is 1. The first-order chi connectivity index (χ1) is 7.22. The lowest BCUT2D eigenvalue weighted by Gasteiger charge is -2.05. The van der Waals surface area contributed by atoms with E-state index >= 15 is 0 Å². The Morgan fingerprint density at radius 1 is 1.47 bits per heavy atom. The number of benzene rings is 1. The summed E-state index contributed by atoms with van der Waals surface area (Å²) < 4.78 is 1.90. The van der Waals surface area contributed by atoms with Crippen LogP contribution in [0.4, 0.5) is 0 Å². The van der Waals surface area contributed by atoms with E-state index in [9.17, 15) is 0 Å². The number of rotatable bonds is 3. The second-order valence-corrected chi connectivity index (χ2v) is 4.06. The van der Waals surface area contributed by atoms with E-state index in [4.69, 9.17) is 11.6 Å². The molecule has 0 amide bonds. The molecular weight excluding hydrogens is 210 g/mol. The van der Waals surface area contributed by atoms with Gasteiger partial charge in [-0.15, -0.1) is 0 Å². The van der Waals surface area contributed by atoms with Crippen LogP contribution in [-0.4, -0.2) is 23.4 Å². The smallest absolute Gasteiger partial charge is 0.0712 e. The summed E-state index contributed by atoms with van der Waals surface area (Å²) in [5, 5.41) is 9.27. The van der Waals surface area contributed by atoms with E-state index in [1.807, 2.05) is 37.1 Å². The van der Waals surface area contributed by atoms with Gasteiger partial charge in [-0.05, 0) is 37.7 Å². The summed E-state index contributed by atoms with van der Waals surface area (Å²) in [6, 6.07) is 3.97. The number of halogens is 1. The molecule has 0 spiro atoms. The predicted molar refractivity (Wildman–Crippen MR) is 63.4 cm³/mol. The normalized spacial score (nSPS) is 11.1. The van der Waals surface area contributed by atoms with Gasteiger partial charge in [0.1, 0.15) is 0 Å². The molecule has 0 saturated heterocycles. The Morgan fingerprint density at radius 2 is 2.27 bits per heavy atom. The highest BCUT2D eigenvalue weighted by atomic mass is 35.5. The number of aryl methyl sites for hydroxylation is 1. The van der Waals surface area contributed by atoms with Crippen molar-refractivity contribution in [2.45, 2.75) is 6.42 Å². The number of nitrogens with one attached hydrogen (secondary N) is 1. The molecule has 1 heterocycles. The van der Waals surface area contributed by atoms with Crippen molar-refractivity contribution in [1.29, 1.82) is 0 Å². The highest BCUT2D eigenvalue weighted by molar-refractivity contribution is 6.31. The Bertz CT molecular complexity index is 476. The zero-order valence-corrected chi connectivity index (χ0v) is 9.67. The Balaban J connectivity index is 2.53. The molecule has 0 unspecified atom stereocenters. The van der Waals surface area contributed by atoms with Crippen LogP contribution in [0.2, 0.25) is 5.02 Å². The third-order valence-corrected chi connectivity index (χ3v) is 2.74. The van der Waals surface area contributed by atoms with Crippen LogP contribution in [0.1, 0.15) is 5.56 Å². The van der Waals surface area contributed by atoms with Crippen molar-refractivity contribution >= 4 is 22.5 Å². The zero-order chi connectivity index (χ0) is 10.8. The van der Waals surface area contributed by atoms with Gasteiger partial charge in [0.2, 0.25) is 0 Å². The van der Waals surface area contributed by atoms with Gasteiger partial charge in [-0.25, -0.2) is 0 Å². The van der Waals surface area contributed by atoms with Crippen molar-refractivity contribution in [3.63, 3.8) is 0 Å². The number of hydrogen-bond acceptors (Lipinski definition) is 2. The van der Waals surface area contributed by atoms with Gasteiger partial charge in [-0.1, -0.05) is 11.6 Å². The second-order valence-electron chi connectivity index (χ2n) is 3.62. The van der Waals surface area contributed by atoms with Gasteiger partial charge in [-0.3, -0.25) is 4.68 Å². The minimum absolute atomic E-state index is 0.779. The van der Waals surface area contributed by atoms with Crippen molar-refractivity contribution in [2.24, 2.45) is 7.05 Å². The average Bonchev–Trinajstić information content (AvgIpc) is 2.56. The minimum Gasteiger partial charge on any atom is -0.319 e. The molecule has 4 heteroatoms. The van der Waals surface area contributed by atoms with E-state index < -0.39 is 0 Å². The summed E-state index contributed by atoms with van der Waals surface area (Å²) in [6.07, 6.45) is 2.82. The fraction of sp³-hybridized carbons (Fsp3) is 0.364.